The van der Waals surface area contributed by atoms with Gasteiger partial charge in [0, 0.05) is 32.0 Å². The average Bonchev–Trinajstić information content (AvgIpc) is 2.40. The Balaban J connectivity index is 0.00000180. The minimum Gasteiger partial charge on any atom is -0.480 e. The van der Waals surface area contributed by atoms with Gasteiger partial charge in [-0.15, -0.1) is 24.8 Å². The second kappa shape index (κ2) is 7.75. The van der Waals surface area contributed by atoms with Crippen molar-refractivity contribution in [2.24, 2.45) is 0 Å². The molecule has 7 nitrogen and oxygen atoms in total. The number of aromatic nitrogens is 1. The normalized spacial score (nSPS) is 19.5. The lowest BCUT2D eigenvalue weighted by Gasteiger charge is -2.30. The molecule has 1 aliphatic heterocycles. The summed E-state index contributed by atoms with van der Waals surface area (Å²) in [5.74, 6) is -1.05. The van der Waals surface area contributed by atoms with Crippen LogP contribution in [0.1, 0.15) is 0 Å². The van der Waals surface area contributed by atoms with E-state index in [4.69, 9.17) is 5.11 Å². The molecule has 2 rings (SSSR count). The first kappa shape index (κ1) is 19.1. The third-order valence-corrected chi connectivity index (χ3v) is 4.56. The smallest absolute Gasteiger partial charge is 0.322 e. The van der Waals surface area contributed by atoms with Crippen molar-refractivity contribution in [1.29, 1.82) is 0 Å². The number of carboxylic acids is 1. The lowest BCUT2D eigenvalue weighted by molar-refractivity contribution is -0.140. The van der Waals surface area contributed by atoms with Crippen molar-refractivity contribution in [2.75, 3.05) is 19.6 Å². The van der Waals surface area contributed by atoms with E-state index < -0.39 is 22.0 Å². The molecule has 114 valence electrons. The summed E-state index contributed by atoms with van der Waals surface area (Å²) in [6.45, 7) is 0.490. The summed E-state index contributed by atoms with van der Waals surface area (Å²) in [5, 5.41) is 11.6. The average molecular weight is 344 g/mol. The van der Waals surface area contributed by atoms with Crippen LogP contribution in [0.2, 0.25) is 0 Å². The van der Waals surface area contributed by atoms with E-state index in [-0.39, 0.29) is 42.8 Å². The van der Waals surface area contributed by atoms with E-state index in [9.17, 15) is 13.2 Å². The second-order valence-electron chi connectivity index (χ2n) is 3.90. The molecule has 1 saturated heterocycles. The number of nitrogens with one attached hydrogen (secondary N) is 1. The molecule has 1 aromatic heterocycles. The maximum Gasteiger partial charge on any atom is 0.322 e. The number of piperazine rings is 1. The Morgan fingerprint density at radius 3 is 2.70 bits per heavy atom. The van der Waals surface area contributed by atoms with Crippen molar-refractivity contribution >= 4 is 40.8 Å². The van der Waals surface area contributed by atoms with Crippen molar-refractivity contribution in [3.05, 3.63) is 24.5 Å². The number of pyridine rings is 1. The molecule has 10 heteroatoms. The number of hydrogen-bond donors (Lipinski definition) is 2. The summed E-state index contributed by atoms with van der Waals surface area (Å²) in [4.78, 5) is 14.7. The fourth-order valence-corrected chi connectivity index (χ4v) is 3.18. The van der Waals surface area contributed by atoms with E-state index in [1.165, 1.54) is 28.8 Å². The summed E-state index contributed by atoms with van der Waals surface area (Å²) in [6, 6.07) is 2.11. The predicted octanol–water partition coefficient (Wildman–Crippen LogP) is -0.0277. The molecular weight excluding hydrogens is 329 g/mol. The molecule has 0 bridgehead atoms. The zero-order valence-electron chi connectivity index (χ0n) is 10.3. The van der Waals surface area contributed by atoms with E-state index in [2.05, 4.69) is 10.3 Å². The van der Waals surface area contributed by atoms with Gasteiger partial charge in [0.15, 0.2) is 0 Å². The van der Waals surface area contributed by atoms with Gasteiger partial charge in [-0.3, -0.25) is 9.78 Å². The van der Waals surface area contributed by atoms with Crippen LogP contribution in [0.4, 0.5) is 0 Å². The first-order valence-corrected chi connectivity index (χ1v) is 6.82. The maximum atomic E-state index is 12.2. The summed E-state index contributed by atoms with van der Waals surface area (Å²) < 4.78 is 25.6. The first-order valence-electron chi connectivity index (χ1n) is 5.38. The van der Waals surface area contributed by atoms with Crippen molar-refractivity contribution in [3.8, 4) is 0 Å². The minimum absolute atomic E-state index is 0. The Labute approximate surface area is 129 Å². The molecule has 0 aliphatic carbocycles. The lowest BCUT2D eigenvalue weighted by Crippen LogP contribution is -2.55. The van der Waals surface area contributed by atoms with Gasteiger partial charge in [0.25, 0.3) is 0 Å². The van der Waals surface area contributed by atoms with Gasteiger partial charge >= 0.3 is 5.97 Å². The molecule has 0 aromatic carbocycles. The van der Waals surface area contributed by atoms with Gasteiger partial charge in [-0.2, -0.15) is 4.31 Å². The molecule has 2 N–H and O–H groups in total. The number of halogens is 2. The summed E-state index contributed by atoms with van der Waals surface area (Å²) >= 11 is 0. The van der Waals surface area contributed by atoms with Crippen LogP contribution >= 0.6 is 24.8 Å². The van der Waals surface area contributed by atoms with Crippen LogP contribution in [0, 0.1) is 0 Å². The topological polar surface area (TPSA) is 99.6 Å². The highest BCUT2D eigenvalue weighted by atomic mass is 35.5. The minimum atomic E-state index is -3.66. The van der Waals surface area contributed by atoms with E-state index in [1.54, 1.807) is 0 Å². The van der Waals surface area contributed by atoms with Crippen molar-refractivity contribution in [2.45, 2.75) is 10.9 Å². The van der Waals surface area contributed by atoms with Gasteiger partial charge in [-0.25, -0.2) is 8.42 Å². The zero-order chi connectivity index (χ0) is 13.2. The summed E-state index contributed by atoms with van der Waals surface area (Å²) in [6.07, 6.45) is 2.74. The van der Waals surface area contributed by atoms with Gasteiger partial charge in [-0.1, -0.05) is 0 Å². The molecule has 0 radical (unpaired) electrons. The number of carbonyl (C=O) groups is 1. The Kier molecular flexibility index (Phi) is 7.39. The third kappa shape index (κ3) is 4.03. The highest BCUT2D eigenvalue weighted by Crippen LogP contribution is 2.15. The summed E-state index contributed by atoms with van der Waals surface area (Å²) in [5.41, 5.74) is 0. The molecule has 20 heavy (non-hydrogen) atoms. The Hall–Kier alpha value is -0.930. The SMILES string of the molecule is Cl.Cl.O=C(O)[C@H]1CN(S(=O)(=O)c2cccnc2)CCN1. The number of rotatable bonds is 3. The van der Waals surface area contributed by atoms with Crippen LogP contribution in [0.5, 0.6) is 0 Å². The Morgan fingerprint density at radius 1 is 1.45 bits per heavy atom. The second-order valence-corrected chi connectivity index (χ2v) is 5.83. The van der Waals surface area contributed by atoms with Gasteiger partial charge in [-0.05, 0) is 12.1 Å². The van der Waals surface area contributed by atoms with Gasteiger partial charge in [0.2, 0.25) is 10.0 Å². The quantitative estimate of drug-likeness (QED) is 0.799. The predicted molar refractivity (Wildman–Crippen MR) is 76.9 cm³/mol. The molecular formula is C10H15Cl2N3O4S. The molecule has 0 spiro atoms. The van der Waals surface area contributed by atoms with Crippen molar-refractivity contribution in [1.82, 2.24) is 14.6 Å². The van der Waals surface area contributed by atoms with E-state index in [0.29, 0.717) is 6.54 Å². The van der Waals surface area contributed by atoms with E-state index >= 15 is 0 Å². The standard InChI is InChI=1S/C10H13N3O4S.2ClH/c14-10(15)9-7-13(5-4-12-9)18(16,17)8-2-1-3-11-6-8;;/h1-3,6,9,12H,4-5,7H2,(H,14,15);2*1H/t9-;;/m1../s1. The molecule has 1 fully saturated rings. The van der Waals surface area contributed by atoms with Gasteiger partial charge < -0.3 is 10.4 Å². The van der Waals surface area contributed by atoms with Crippen LogP contribution in [-0.2, 0) is 14.8 Å². The van der Waals surface area contributed by atoms with Crippen molar-refractivity contribution in [3.63, 3.8) is 0 Å². The van der Waals surface area contributed by atoms with Crippen LogP contribution < -0.4 is 5.32 Å². The number of aliphatic carboxylic acids is 1. The van der Waals surface area contributed by atoms with E-state index in [0.717, 1.165) is 0 Å². The van der Waals surface area contributed by atoms with Crippen LogP contribution in [0.3, 0.4) is 0 Å². The molecule has 0 amide bonds. The van der Waals surface area contributed by atoms with E-state index in [1.807, 2.05) is 0 Å². The lowest BCUT2D eigenvalue weighted by atomic mass is 10.2. The van der Waals surface area contributed by atoms with Crippen LogP contribution in [-0.4, -0.2) is 54.5 Å². The monoisotopic (exact) mass is 343 g/mol. The molecule has 2 heterocycles. The Bertz CT molecular complexity index is 541. The largest absolute Gasteiger partial charge is 0.480 e. The number of nitrogens with zero attached hydrogens (tertiary/aromatic N) is 2. The maximum absolute atomic E-state index is 12.2. The fourth-order valence-electron chi connectivity index (χ4n) is 1.76. The number of sulfonamides is 1. The zero-order valence-corrected chi connectivity index (χ0v) is 12.7. The molecule has 1 aliphatic rings. The fraction of sp³-hybridized carbons (Fsp3) is 0.400. The van der Waals surface area contributed by atoms with Crippen molar-refractivity contribution < 1.29 is 18.3 Å². The highest BCUT2D eigenvalue weighted by Gasteiger charge is 2.32. The number of hydrogen-bond acceptors (Lipinski definition) is 5. The van der Waals surface area contributed by atoms with Crippen LogP contribution in [0.25, 0.3) is 0 Å². The molecule has 1 atom stereocenters. The molecule has 1 aromatic rings. The Morgan fingerprint density at radius 2 is 2.15 bits per heavy atom. The van der Waals surface area contributed by atoms with Crippen LogP contribution in [0.15, 0.2) is 29.4 Å². The molecule has 0 saturated carbocycles. The molecule has 0 unspecified atom stereocenters. The third-order valence-electron chi connectivity index (χ3n) is 2.71. The first-order chi connectivity index (χ1) is 8.51. The van der Waals surface area contributed by atoms with Gasteiger partial charge in [0.05, 0.1) is 0 Å². The summed E-state index contributed by atoms with van der Waals surface area (Å²) in [7, 11) is -3.66. The van der Waals surface area contributed by atoms with Gasteiger partial charge in [0.1, 0.15) is 10.9 Å². The number of carboxylic acid groups (broad SMARTS) is 1. The highest BCUT2D eigenvalue weighted by molar-refractivity contribution is 7.89.